The van der Waals surface area contributed by atoms with Crippen molar-refractivity contribution in [3.05, 3.63) is 23.7 Å². The van der Waals surface area contributed by atoms with Gasteiger partial charge in [-0.3, -0.25) is 0 Å². The molecule has 4 nitrogen and oxygen atoms in total. The summed E-state index contributed by atoms with van der Waals surface area (Å²) in [5.74, 6) is -0.762. The second-order valence-electron chi connectivity index (χ2n) is 4.42. The monoisotopic (exact) mass is 311 g/mol. The number of alkyl halides is 2. The summed E-state index contributed by atoms with van der Waals surface area (Å²) in [7, 11) is -2.89. The van der Waals surface area contributed by atoms with Crippen molar-refractivity contribution < 1.29 is 21.6 Å². The van der Waals surface area contributed by atoms with Crippen LogP contribution in [0.1, 0.15) is 17.9 Å². The van der Waals surface area contributed by atoms with Gasteiger partial charge in [0.25, 0.3) is 5.76 Å². The molecule has 1 aromatic heterocycles. The van der Waals surface area contributed by atoms with E-state index in [0.29, 0.717) is 36.2 Å². The zero-order valence-corrected chi connectivity index (χ0v) is 11.8. The molecule has 1 saturated heterocycles. The normalized spacial score (nSPS) is 22.2. The van der Waals surface area contributed by atoms with E-state index in [0.717, 1.165) is 0 Å². The third-order valence-electron chi connectivity index (χ3n) is 2.87. The third-order valence-corrected chi connectivity index (χ3v) is 5.34. The molecular formula is C11H15F2NO3S2. The van der Waals surface area contributed by atoms with Gasteiger partial charge in [0.1, 0.15) is 11.5 Å². The van der Waals surface area contributed by atoms with Crippen LogP contribution in [0.2, 0.25) is 0 Å². The smallest absolute Gasteiger partial charge is 0.284 e. The molecule has 0 radical (unpaired) electrons. The van der Waals surface area contributed by atoms with Gasteiger partial charge in [0, 0.05) is 6.04 Å². The van der Waals surface area contributed by atoms with Crippen LogP contribution in [0.3, 0.4) is 0 Å². The first-order valence-electron chi connectivity index (χ1n) is 5.86. The molecule has 108 valence electrons. The minimum Gasteiger partial charge on any atom is -0.464 e. The van der Waals surface area contributed by atoms with Crippen molar-refractivity contribution in [2.75, 3.05) is 11.5 Å². The summed E-state index contributed by atoms with van der Waals surface area (Å²) in [6.07, 6.45) is 0.608. The van der Waals surface area contributed by atoms with Crippen LogP contribution >= 0.6 is 11.8 Å². The van der Waals surface area contributed by atoms with Gasteiger partial charge < -0.3 is 9.73 Å². The van der Waals surface area contributed by atoms with Gasteiger partial charge in [0.15, 0.2) is 9.84 Å². The van der Waals surface area contributed by atoms with Crippen LogP contribution in [-0.4, -0.2) is 31.7 Å². The summed E-state index contributed by atoms with van der Waals surface area (Å²) in [6, 6.07) is 3.34. The van der Waals surface area contributed by atoms with Crippen LogP contribution in [0.5, 0.6) is 0 Å². The summed E-state index contributed by atoms with van der Waals surface area (Å²) in [4.78, 5) is 0. The average molecular weight is 311 g/mol. The first-order valence-corrected chi connectivity index (χ1v) is 8.73. The lowest BCUT2D eigenvalue weighted by Gasteiger charge is -2.08. The molecule has 2 rings (SSSR count). The van der Waals surface area contributed by atoms with E-state index in [1.165, 1.54) is 0 Å². The van der Waals surface area contributed by atoms with Crippen molar-refractivity contribution in [3.63, 3.8) is 0 Å². The first-order chi connectivity index (χ1) is 8.94. The molecule has 1 aliphatic rings. The summed E-state index contributed by atoms with van der Waals surface area (Å²) < 4.78 is 51.9. The SMILES string of the molecule is O=S1(=O)CCC(NCc2ccc(CSC(F)F)o2)C1. The number of nitrogens with one attached hydrogen (secondary N) is 1. The molecule has 0 saturated carbocycles. The fraction of sp³-hybridized carbons (Fsp3) is 0.636. The number of hydrogen-bond acceptors (Lipinski definition) is 5. The van der Waals surface area contributed by atoms with Crippen molar-refractivity contribution in [2.45, 2.75) is 30.5 Å². The van der Waals surface area contributed by atoms with Crippen LogP contribution in [0.15, 0.2) is 16.5 Å². The van der Waals surface area contributed by atoms with E-state index in [1.54, 1.807) is 12.1 Å². The standard InChI is InChI=1S/C11H15F2NO3S2/c12-11(13)18-6-10-2-1-9(17-10)5-14-8-3-4-19(15,16)7-8/h1-2,8,11,14H,3-7H2. The van der Waals surface area contributed by atoms with Gasteiger partial charge in [-0.2, -0.15) is 8.78 Å². The minimum absolute atomic E-state index is 0.0472. The summed E-state index contributed by atoms with van der Waals surface area (Å²) in [5, 5.41) is 3.10. The summed E-state index contributed by atoms with van der Waals surface area (Å²) in [5.41, 5.74) is 0. The molecule has 1 aliphatic heterocycles. The average Bonchev–Trinajstić information content (AvgIpc) is 2.90. The highest BCUT2D eigenvalue weighted by atomic mass is 32.2. The second-order valence-corrected chi connectivity index (χ2v) is 7.63. The molecule has 1 aromatic rings. The maximum Gasteiger partial charge on any atom is 0.284 e. The molecule has 0 bridgehead atoms. The van der Waals surface area contributed by atoms with Gasteiger partial charge >= 0.3 is 0 Å². The van der Waals surface area contributed by atoms with E-state index in [1.807, 2.05) is 0 Å². The Hall–Kier alpha value is -0.600. The van der Waals surface area contributed by atoms with Gasteiger partial charge in [-0.25, -0.2) is 8.42 Å². The number of halogens is 2. The molecule has 1 atom stereocenters. The van der Waals surface area contributed by atoms with Gasteiger partial charge in [-0.1, -0.05) is 11.8 Å². The predicted molar refractivity (Wildman–Crippen MR) is 69.9 cm³/mol. The van der Waals surface area contributed by atoms with E-state index in [2.05, 4.69) is 5.32 Å². The Labute approximate surface area is 114 Å². The van der Waals surface area contributed by atoms with Crippen LogP contribution in [-0.2, 0) is 22.1 Å². The Morgan fingerprint density at radius 2 is 2.16 bits per heavy atom. The lowest BCUT2D eigenvalue weighted by molar-refractivity contribution is 0.251. The second kappa shape index (κ2) is 6.23. The van der Waals surface area contributed by atoms with Crippen molar-refractivity contribution in [1.29, 1.82) is 0 Å². The first kappa shape index (κ1) is 14.8. The minimum atomic E-state index is -2.89. The number of hydrogen-bond donors (Lipinski definition) is 1. The lowest BCUT2D eigenvalue weighted by Crippen LogP contribution is -2.29. The van der Waals surface area contributed by atoms with Crippen molar-refractivity contribution in [3.8, 4) is 0 Å². The number of furan rings is 1. The number of thioether (sulfide) groups is 1. The van der Waals surface area contributed by atoms with Crippen LogP contribution in [0, 0.1) is 0 Å². The molecule has 19 heavy (non-hydrogen) atoms. The fourth-order valence-electron chi connectivity index (χ4n) is 1.94. The Morgan fingerprint density at radius 3 is 2.79 bits per heavy atom. The van der Waals surface area contributed by atoms with Crippen LogP contribution < -0.4 is 5.32 Å². The maximum atomic E-state index is 12.0. The van der Waals surface area contributed by atoms with Crippen LogP contribution in [0.4, 0.5) is 8.78 Å². The Morgan fingerprint density at radius 1 is 1.42 bits per heavy atom. The molecule has 0 spiro atoms. The molecule has 0 aromatic carbocycles. The Kier molecular flexibility index (Phi) is 4.86. The van der Waals surface area contributed by atoms with Gasteiger partial charge in [0.05, 0.1) is 23.8 Å². The van der Waals surface area contributed by atoms with Crippen molar-refractivity contribution in [1.82, 2.24) is 5.32 Å². The fourth-order valence-corrected chi connectivity index (χ4v) is 4.09. The number of sulfone groups is 1. The van der Waals surface area contributed by atoms with Crippen molar-refractivity contribution >= 4 is 21.6 Å². The Bertz CT molecular complexity index is 516. The van der Waals surface area contributed by atoms with E-state index >= 15 is 0 Å². The van der Waals surface area contributed by atoms with E-state index in [-0.39, 0.29) is 23.3 Å². The zero-order valence-electron chi connectivity index (χ0n) is 10.1. The molecule has 1 unspecified atom stereocenters. The highest BCUT2D eigenvalue weighted by molar-refractivity contribution is 7.98. The molecule has 0 aliphatic carbocycles. The highest BCUT2D eigenvalue weighted by Crippen LogP contribution is 2.21. The van der Waals surface area contributed by atoms with E-state index in [9.17, 15) is 17.2 Å². The van der Waals surface area contributed by atoms with Crippen molar-refractivity contribution in [2.24, 2.45) is 0 Å². The molecule has 2 heterocycles. The molecule has 0 amide bonds. The zero-order chi connectivity index (χ0) is 13.9. The van der Waals surface area contributed by atoms with Gasteiger partial charge in [-0.15, -0.1) is 0 Å². The molecule has 1 fully saturated rings. The van der Waals surface area contributed by atoms with Gasteiger partial charge in [-0.05, 0) is 18.6 Å². The molecule has 8 heteroatoms. The lowest BCUT2D eigenvalue weighted by atomic mass is 10.2. The predicted octanol–water partition coefficient (Wildman–Crippen LogP) is 2.01. The number of rotatable bonds is 6. The molecule has 1 N–H and O–H groups in total. The Balaban J connectivity index is 1.77. The quantitative estimate of drug-likeness (QED) is 0.871. The maximum absolute atomic E-state index is 12.0. The molecular weight excluding hydrogens is 296 g/mol. The van der Waals surface area contributed by atoms with Gasteiger partial charge in [0.2, 0.25) is 0 Å². The largest absolute Gasteiger partial charge is 0.464 e. The van der Waals surface area contributed by atoms with E-state index < -0.39 is 15.6 Å². The topological polar surface area (TPSA) is 59.3 Å². The third kappa shape index (κ3) is 4.77. The summed E-state index contributed by atoms with van der Waals surface area (Å²) in [6.45, 7) is 0.416. The summed E-state index contributed by atoms with van der Waals surface area (Å²) >= 11 is 0.514. The highest BCUT2D eigenvalue weighted by Gasteiger charge is 2.27. The van der Waals surface area contributed by atoms with E-state index in [4.69, 9.17) is 4.42 Å². The van der Waals surface area contributed by atoms with Crippen LogP contribution in [0.25, 0.3) is 0 Å².